The summed E-state index contributed by atoms with van der Waals surface area (Å²) in [7, 11) is 0. The molecule has 0 aliphatic heterocycles. The normalized spacial score (nSPS) is 13.2. The van der Waals surface area contributed by atoms with Crippen molar-refractivity contribution in [2.24, 2.45) is 5.92 Å². The number of allylic oxidation sites excluding steroid dienone is 1. The molecule has 34 heavy (non-hydrogen) atoms. The molecular formula is C26H32N2O6. The van der Waals surface area contributed by atoms with E-state index in [1.54, 1.807) is 24.3 Å². The molecular weight excluding hydrogens is 436 g/mol. The van der Waals surface area contributed by atoms with Crippen LogP contribution in [-0.2, 0) is 32.1 Å². The lowest BCUT2D eigenvalue weighted by Crippen LogP contribution is -2.48. The van der Waals surface area contributed by atoms with Gasteiger partial charge in [0.2, 0.25) is 11.8 Å². The number of esters is 1. The van der Waals surface area contributed by atoms with Crippen molar-refractivity contribution in [1.29, 1.82) is 0 Å². The van der Waals surface area contributed by atoms with Crippen LogP contribution in [0.15, 0.2) is 73.3 Å². The Balaban J connectivity index is 1.90. The summed E-state index contributed by atoms with van der Waals surface area (Å²) >= 11 is 0. The van der Waals surface area contributed by atoms with Crippen molar-refractivity contribution in [2.75, 3.05) is 13.2 Å². The van der Waals surface area contributed by atoms with Gasteiger partial charge >= 0.3 is 5.97 Å². The maximum absolute atomic E-state index is 12.8. The van der Waals surface area contributed by atoms with E-state index in [-0.39, 0.29) is 26.1 Å². The maximum atomic E-state index is 12.8. The zero-order valence-corrected chi connectivity index (χ0v) is 19.1. The zero-order valence-electron chi connectivity index (χ0n) is 19.1. The van der Waals surface area contributed by atoms with Crippen LogP contribution in [0, 0.1) is 5.92 Å². The Labute approximate surface area is 199 Å². The fourth-order valence-electron chi connectivity index (χ4n) is 3.35. The summed E-state index contributed by atoms with van der Waals surface area (Å²) in [6.45, 7) is 2.74. The van der Waals surface area contributed by atoms with Crippen LogP contribution in [0.2, 0.25) is 0 Å². The van der Waals surface area contributed by atoms with E-state index in [1.165, 1.54) is 6.08 Å². The van der Waals surface area contributed by atoms with Crippen molar-refractivity contribution in [1.82, 2.24) is 10.6 Å². The van der Waals surface area contributed by atoms with Gasteiger partial charge in [-0.1, -0.05) is 66.7 Å². The van der Waals surface area contributed by atoms with E-state index < -0.39 is 42.4 Å². The molecule has 2 aromatic carbocycles. The number of ether oxygens (including phenoxy) is 1. The number of aliphatic hydroxyl groups is 2. The van der Waals surface area contributed by atoms with Gasteiger partial charge in [0.1, 0.15) is 6.61 Å². The first-order valence-electron chi connectivity index (χ1n) is 11.1. The molecule has 0 heterocycles. The second-order valence-corrected chi connectivity index (χ2v) is 7.90. The summed E-state index contributed by atoms with van der Waals surface area (Å²) in [5, 5.41) is 24.4. The van der Waals surface area contributed by atoms with Crippen LogP contribution in [0.25, 0.3) is 0 Å². The van der Waals surface area contributed by atoms with Gasteiger partial charge in [-0.05, 0) is 24.0 Å². The SMILES string of the molecule is C=CCC(CC(=O)NC(CO)Cc1ccccc1)C(=O)NC(CO)C(=O)OCc1ccccc1. The zero-order chi connectivity index (χ0) is 24.8. The summed E-state index contributed by atoms with van der Waals surface area (Å²) in [6, 6.07) is 16.7. The van der Waals surface area contributed by atoms with E-state index in [4.69, 9.17) is 4.74 Å². The van der Waals surface area contributed by atoms with Gasteiger partial charge < -0.3 is 25.6 Å². The minimum absolute atomic E-state index is 0.00843. The molecule has 8 nitrogen and oxygen atoms in total. The average Bonchev–Trinajstić information content (AvgIpc) is 2.86. The highest BCUT2D eigenvalue weighted by atomic mass is 16.5. The summed E-state index contributed by atoms with van der Waals surface area (Å²) in [5.74, 6) is -2.56. The number of carbonyl (C=O) groups is 3. The first-order chi connectivity index (χ1) is 16.5. The van der Waals surface area contributed by atoms with Gasteiger partial charge in [0, 0.05) is 6.42 Å². The molecule has 0 aromatic heterocycles. The van der Waals surface area contributed by atoms with Crippen molar-refractivity contribution < 1.29 is 29.3 Å². The molecule has 2 rings (SSSR count). The molecule has 2 aromatic rings. The standard InChI is InChI=1S/C26H32N2O6/c1-2-9-21(15-24(31)27-22(16-29)14-19-10-5-3-6-11-19)25(32)28-23(17-30)26(33)34-18-20-12-7-4-8-13-20/h2-8,10-13,21-23,29-30H,1,9,14-18H2,(H,27,31)(H,28,32). The molecule has 0 spiro atoms. The second-order valence-electron chi connectivity index (χ2n) is 7.90. The third kappa shape index (κ3) is 9.17. The number of carbonyl (C=O) groups excluding carboxylic acids is 3. The Morgan fingerprint density at radius 3 is 2.09 bits per heavy atom. The van der Waals surface area contributed by atoms with Crippen LogP contribution in [-0.4, -0.2) is 53.3 Å². The predicted molar refractivity (Wildman–Crippen MR) is 127 cm³/mol. The van der Waals surface area contributed by atoms with Gasteiger partial charge in [0.05, 0.1) is 25.2 Å². The van der Waals surface area contributed by atoms with Crippen molar-refractivity contribution in [3.63, 3.8) is 0 Å². The molecule has 0 saturated heterocycles. The fourth-order valence-corrected chi connectivity index (χ4v) is 3.35. The van der Waals surface area contributed by atoms with Crippen LogP contribution in [0.1, 0.15) is 24.0 Å². The van der Waals surface area contributed by atoms with Crippen LogP contribution < -0.4 is 10.6 Å². The van der Waals surface area contributed by atoms with Crippen LogP contribution >= 0.6 is 0 Å². The molecule has 3 atom stereocenters. The molecule has 182 valence electrons. The van der Waals surface area contributed by atoms with Crippen molar-refractivity contribution in [3.8, 4) is 0 Å². The Kier molecular flexibility index (Phi) is 11.5. The first-order valence-corrected chi connectivity index (χ1v) is 11.1. The molecule has 0 aliphatic rings. The predicted octanol–water partition coefficient (Wildman–Crippen LogP) is 1.51. The molecule has 4 N–H and O–H groups in total. The van der Waals surface area contributed by atoms with Gasteiger partial charge in [0.25, 0.3) is 0 Å². The molecule has 0 fully saturated rings. The highest BCUT2D eigenvalue weighted by Gasteiger charge is 2.27. The minimum atomic E-state index is -1.25. The monoisotopic (exact) mass is 468 g/mol. The van der Waals surface area contributed by atoms with E-state index >= 15 is 0 Å². The quantitative estimate of drug-likeness (QED) is 0.246. The molecule has 0 bridgehead atoms. The number of nitrogens with one attached hydrogen (secondary N) is 2. The van der Waals surface area contributed by atoms with E-state index in [0.717, 1.165) is 11.1 Å². The highest BCUT2D eigenvalue weighted by Crippen LogP contribution is 2.12. The van der Waals surface area contributed by atoms with E-state index in [9.17, 15) is 24.6 Å². The smallest absolute Gasteiger partial charge is 0.331 e. The lowest BCUT2D eigenvalue weighted by molar-refractivity contribution is -0.150. The van der Waals surface area contributed by atoms with Crippen molar-refractivity contribution in [3.05, 3.63) is 84.4 Å². The number of aliphatic hydroxyl groups excluding tert-OH is 2. The van der Waals surface area contributed by atoms with E-state index in [0.29, 0.717) is 6.42 Å². The van der Waals surface area contributed by atoms with Crippen LogP contribution in [0.3, 0.4) is 0 Å². The number of rotatable bonds is 14. The topological polar surface area (TPSA) is 125 Å². The number of benzene rings is 2. The van der Waals surface area contributed by atoms with Gasteiger partial charge in [-0.3, -0.25) is 9.59 Å². The Bertz CT molecular complexity index is 919. The van der Waals surface area contributed by atoms with E-state index in [2.05, 4.69) is 17.2 Å². The van der Waals surface area contributed by atoms with E-state index in [1.807, 2.05) is 36.4 Å². The van der Waals surface area contributed by atoms with Crippen molar-refractivity contribution >= 4 is 17.8 Å². The lowest BCUT2D eigenvalue weighted by Gasteiger charge is -2.21. The third-order valence-electron chi connectivity index (χ3n) is 5.17. The molecule has 0 saturated carbocycles. The van der Waals surface area contributed by atoms with Gasteiger partial charge in [0.15, 0.2) is 6.04 Å². The summed E-state index contributed by atoms with van der Waals surface area (Å²) in [6.07, 6.45) is 1.98. The first kappa shape index (κ1) is 26.8. The largest absolute Gasteiger partial charge is 0.459 e. The summed E-state index contributed by atoms with van der Waals surface area (Å²) < 4.78 is 5.19. The Hall–Kier alpha value is -3.49. The summed E-state index contributed by atoms with van der Waals surface area (Å²) in [5.41, 5.74) is 1.73. The molecule has 2 amide bonds. The van der Waals surface area contributed by atoms with Crippen LogP contribution in [0.5, 0.6) is 0 Å². The third-order valence-corrected chi connectivity index (χ3v) is 5.17. The highest BCUT2D eigenvalue weighted by molar-refractivity contribution is 5.89. The minimum Gasteiger partial charge on any atom is -0.459 e. The number of hydrogen-bond donors (Lipinski definition) is 4. The second kappa shape index (κ2) is 14.6. The van der Waals surface area contributed by atoms with Gasteiger partial charge in [-0.15, -0.1) is 6.58 Å². The molecule has 0 aliphatic carbocycles. The van der Waals surface area contributed by atoms with Gasteiger partial charge in [-0.2, -0.15) is 0 Å². The van der Waals surface area contributed by atoms with Crippen molar-refractivity contribution in [2.45, 2.75) is 38.0 Å². The lowest BCUT2D eigenvalue weighted by atomic mass is 9.98. The fraction of sp³-hybridized carbons (Fsp3) is 0.346. The number of amides is 2. The molecule has 0 radical (unpaired) electrons. The van der Waals surface area contributed by atoms with Gasteiger partial charge in [-0.25, -0.2) is 4.79 Å². The Morgan fingerprint density at radius 2 is 1.53 bits per heavy atom. The average molecular weight is 469 g/mol. The molecule has 8 heteroatoms. The number of hydrogen-bond acceptors (Lipinski definition) is 6. The van der Waals surface area contributed by atoms with Crippen LogP contribution in [0.4, 0.5) is 0 Å². The maximum Gasteiger partial charge on any atom is 0.331 e. The Morgan fingerprint density at radius 1 is 0.912 bits per heavy atom. The summed E-state index contributed by atoms with van der Waals surface area (Å²) in [4.78, 5) is 37.6. The molecule has 3 unspecified atom stereocenters.